The zero-order valence-electron chi connectivity index (χ0n) is 18.3. The van der Waals surface area contributed by atoms with Crippen LogP contribution < -0.4 is 4.90 Å². The van der Waals surface area contributed by atoms with Crippen molar-refractivity contribution in [3.63, 3.8) is 0 Å². The van der Waals surface area contributed by atoms with E-state index in [9.17, 15) is 15.3 Å². The second kappa shape index (κ2) is 9.24. The van der Waals surface area contributed by atoms with Gasteiger partial charge in [0.2, 0.25) is 0 Å². The number of aliphatic hydroxyl groups is 1. The standard InChI is InChI=1S/C28H22BrClN2O2/c29-18-13-15-19(16-14-18)32-22-11-6-12-23(33)25(22)24(20-9-4-5-10-21(20)30)26(28(32)31)27(34)17-7-2-1-3-8-17/h1-5,7-10,13-16,24,31,34H,6,11-12H2/b27-26+,31-28?/t24-/m0/s1. The highest BCUT2D eigenvalue weighted by molar-refractivity contribution is 9.10. The minimum atomic E-state index is -0.629. The van der Waals surface area contributed by atoms with Gasteiger partial charge in [0.25, 0.3) is 0 Å². The number of carbonyl (C=O) groups is 1. The van der Waals surface area contributed by atoms with Crippen LogP contribution >= 0.6 is 27.5 Å². The van der Waals surface area contributed by atoms with E-state index in [1.165, 1.54) is 0 Å². The number of halogens is 2. The fourth-order valence-electron chi connectivity index (χ4n) is 4.84. The summed E-state index contributed by atoms with van der Waals surface area (Å²) in [6.07, 6.45) is 1.82. The van der Waals surface area contributed by atoms with Gasteiger partial charge in [0, 0.05) is 49.9 Å². The first-order chi connectivity index (χ1) is 16.5. The molecule has 3 aromatic carbocycles. The predicted molar refractivity (Wildman–Crippen MR) is 140 cm³/mol. The molecular formula is C28H22BrClN2O2. The van der Waals surface area contributed by atoms with Crippen LogP contribution in [0.3, 0.4) is 0 Å². The number of hydrogen-bond donors (Lipinski definition) is 2. The molecule has 5 rings (SSSR count). The molecule has 1 aliphatic carbocycles. The number of carbonyl (C=O) groups excluding carboxylic acids is 1. The van der Waals surface area contributed by atoms with E-state index in [0.717, 1.165) is 22.3 Å². The van der Waals surface area contributed by atoms with Crippen LogP contribution in [-0.4, -0.2) is 16.7 Å². The minimum Gasteiger partial charge on any atom is -0.507 e. The number of ketones is 1. The Morgan fingerprint density at radius 1 is 0.971 bits per heavy atom. The van der Waals surface area contributed by atoms with Crippen LogP contribution in [0, 0.1) is 5.41 Å². The molecule has 0 radical (unpaired) electrons. The SMILES string of the molecule is N=C1/C(=C(/O)c2ccccc2)[C@@H](c2ccccc2Cl)C2=C(CCCC2=O)N1c1ccc(Br)cc1. The van der Waals surface area contributed by atoms with Gasteiger partial charge in [0.1, 0.15) is 11.6 Å². The van der Waals surface area contributed by atoms with Crippen molar-refractivity contribution in [1.29, 1.82) is 5.41 Å². The highest BCUT2D eigenvalue weighted by Gasteiger charge is 2.43. The summed E-state index contributed by atoms with van der Waals surface area (Å²) in [5.74, 6) is -0.486. The zero-order valence-corrected chi connectivity index (χ0v) is 20.6. The molecule has 170 valence electrons. The summed E-state index contributed by atoms with van der Waals surface area (Å²) < 4.78 is 0.922. The Balaban J connectivity index is 1.84. The quantitative estimate of drug-likeness (QED) is 0.340. The molecule has 0 fully saturated rings. The Kier molecular flexibility index (Phi) is 6.15. The van der Waals surface area contributed by atoms with Crippen LogP contribution in [0.25, 0.3) is 5.76 Å². The number of aliphatic hydroxyl groups excluding tert-OH is 1. The van der Waals surface area contributed by atoms with E-state index in [1.54, 1.807) is 23.1 Å². The van der Waals surface area contributed by atoms with Gasteiger partial charge in [0.15, 0.2) is 5.78 Å². The van der Waals surface area contributed by atoms with E-state index in [0.29, 0.717) is 40.1 Å². The Morgan fingerprint density at radius 3 is 2.35 bits per heavy atom. The van der Waals surface area contributed by atoms with Gasteiger partial charge >= 0.3 is 0 Å². The van der Waals surface area contributed by atoms with Crippen molar-refractivity contribution in [2.75, 3.05) is 4.90 Å². The lowest BCUT2D eigenvalue weighted by Crippen LogP contribution is -2.42. The maximum absolute atomic E-state index is 13.5. The first kappa shape index (κ1) is 22.6. The fraction of sp³-hybridized carbons (Fsp3) is 0.143. The second-order valence-corrected chi connectivity index (χ2v) is 9.70. The summed E-state index contributed by atoms with van der Waals surface area (Å²) >= 11 is 10.1. The molecular weight excluding hydrogens is 512 g/mol. The third-order valence-corrected chi connectivity index (χ3v) is 7.23. The maximum Gasteiger partial charge on any atom is 0.161 e. The third kappa shape index (κ3) is 3.89. The highest BCUT2D eigenvalue weighted by Crippen LogP contribution is 2.49. The maximum atomic E-state index is 13.5. The lowest BCUT2D eigenvalue weighted by Gasteiger charge is -2.42. The number of nitrogens with zero attached hydrogens (tertiary/aromatic N) is 1. The second-order valence-electron chi connectivity index (χ2n) is 8.38. The molecule has 0 aromatic heterocycles. The molecule has 0 spiro atoms. The van der Waals surface area contributed by atoms with Gasteiger partial charge in [-0.1, -0.05) is 76.1 Å². The Hall–Kier alpha value is -3.15. The normalized spacial score (nSPS) is 19.8. The minimum absolute atomic E-state index is 0.0254. The van der Waals surface area contributed by atoms with Crippen molar-refractivity contribution in [2.24, 2.45) is 0 Å². The summed E-state index contributed by atoms with van der Waals surface area (Å²) in [6, 6.07) is 24.2. The molecule has 0 amide bonds. The molecule has 34 heavy (non-hydrogen) atoms. The van der Waals surface area contributed by atoms with Crippen LogP contribution in [0.4, 0.5) is 5.69 Å². The van der Waals surface area contributed by atoms with Gasteiger partial charge in [0.05, 0.1) is 0 Å². The van der Waals surface area contributed by atoms with Crippen molar-refractivity contribution in [1.82, 2.24) is 0 Å². The van der Waals surface area contributed by atoms with Gasteiger partial charge in [-0.05, 0) is 48.7 Å². The summed E-state index contributed by atoms with van der Waals surface area (Å²) in [6.45, 7) is 0. The topological polar surface area (TPSA) is 64.4 Å². The Morgan fingerprint density at radius 2 is 1.65 bits per heavy atom. The van der Waals surface area contributed by atoms with Crippen molar-refractivity contribution in [3.8, 4) is 0 Å². The highest BCUT2D eigenvalue weighted by atomic mass is 79.9. The van der Waals surface area contributed by atoms with Crippen molar-refractivity contribution < 1.29 is 9.90 Å². The predicted octanol–water partition coefficient (Wildman–Crippen LogP) is 7.66. The zero-order chi connectivity index (χ0) is 23.8. The number of anilines is 1. The number of amidine groups is 1. The van der Waals surface area contributed by atoms with E-state index in [1.807, 2.05) is 60.7 Å². The van der Waals surface area contributed by atoms with E-state index in [2.05, 4.69) is 15.9 Å². The van der Waals surface area contributed by atoms with E-state index < -0.39 is 5.92 Å². The molecule has 1 aliphatic heterocycles. The number of allylic oxidation sites excluding steroid dienone is 2. The van der Waals surface area contributed by atoms with Gasteiger partial charge in [-0.3, -0.25) is 15.1 Å². The van der Waals surface area contributed by atoms with Crippen molar-refractivity contribution in [2.45, 2.75) is 25.2 Å². The van der Waals surface area contributed by atoms with E-state index in [4.69, 9.17) is 11.6 Å². The average Bonchev–Trinajstić information content (AvgIpc) is 2.85. The molecule has 2 N–H and O–H groups in total. The van der Waals surface area contributed by atoms with Crippen LogP contribution in [0.15, 0.2) is 100 Å². The lowest BCUT2D eigenvalue weighted by molar-refractivity contribution is -0.116. The lowest BCUT2D eigenvalue weighted by atomic mass is 9.73. The number of benzene rings is 3. The average molecular weight is 534 g/mol. The molecule has 6 heteroatoms. The molecule has 1 atom stereocenters. The van der Waals surface area contributed by atoms with Crippen molar-refractivity contribution in [3.05, 3.63) is 116 Å². The molecule has 0 saturated heterocycles. The van der Waals surface area contributed by atoms with Gasteiger partial charge in [-0.15, -0.1) is 0 Å². The first-order valence-electron chi connectivity index (χ1n) is 11.1. The molecule has 0 bridgehead atoms. The summed E-state index contributed by atoms with van der Waals surface area (Å²) in [5.41, 5.74) is 3.85. The third-order valence-electron chi connectivity index (χ3n) is 6.36. The largest absolute Gasteiger partial charge is 0.507 e. The van der Waals surface area contributed by atoms with Crippen LogP contribution in [0.5, 0.6) is 0 Å². The van der Waals surface area contributed by atoms with Crippen molar-refractivity contribution >= 4 is 50.6 Å². The smallest absolute Gasteiger partial charge is 0.161 e. The van der Waals surface area contributed by atoms with Gasteiger partial charge in [-0.25, -0.2) is 0 Å². The van der Waals surface area contributed by atoms with Gasteiger partial charge < -0.3 is 5.11 Å². The number of hydrogen-bond acceptors (Lipinski definition) is 3. The Bertz CT molecular complexity index is 1350. The van der Waals surface area contributed by atoms with E-state index in [-0.39, 0.29) is 17.4 Å². The number of nitrogens with one attached hydrogen (secondary N) is 1. The molecule has 0 unspecified atom stereocenters. The van der Waals surface area contributed by atoms with E-state index >= 15 is 0 Å². The number of rotatable bonds is 3. The van der Waals surface area contributed by atoms with Gasteiger partial charge in [-0.2, -0.15) is 0 Å². The molecule has 3 aromatic rings. The molecule has 0 saturated carbocycles. The summed E-state index contributed by atoms with van der Waals surface area (Å²) in [7, 11) is 0. The number of Topliss-reactive ketones (excluding diaryl/α,β-unsaturated/α-hetero) is 1. The first-order valence-corrected chi connectivity index (χ1v) is 12.3. The molecule has 2 aliphatic rings. The van der Waals surface area contributed by atoms with Crippen LogP contribution in [0.2, 0.25) is 5.02 Å². The monoisotopic (exact) mass is 532 g/mol. The summed E-state index contributed by atoms with van der Waals surface area (Å²) in [5, 5.41) is 21.4. The Labute approximate surface area is 211 Å². The summed E-state index contributed by atoms with van der Waals surface area (Å²) in [4.78, 5) is 15.3. The molecule has 1 heterocycles. The van der Waals surface area contributed by atoms with Crippen LogP contribution in [-0.2, 0) is 4.79 Å². The van der Waals surface area contributed by atoms with Crippen LogP contribution in [0.1, 0.15) is 36.3 Å². The fourth-order valence-corrected chi connectivity index (χ4v) is 5.35. The molecule has 4 nitrogen and oxygen atoms in total.